The molecule has 7 heteroatoms. The summed E-state index contributed by atoms with van der Waals surface area (Å²) in [5.41, 5.74) is 0.556. The Morgan fingerprint density at radius 3 is 2.64 bits per heavy atom. The Labute approximate surface area is 169 Å². The minimum Gasteiger partial charge on any atom is -0.497 e. The van der Waals surface area contributed by atoms with Crippen molar-refractivity contribution in [2.45, 2.75) is 38.2 Å². The van der Waals surface area contributed by atoms with E-state index in [1.807, 2.05) is 6.07 Å². The molecule has 2 heterocycles. The van der Waals surface area contributed by atoms with Gasteiger partial charge in [0.15, 0.2) is 0 Å². The molecule has 0 saturated carbocycles. The molecule has 6 nitrogen and oxygen atoms in total. The van der Waals surface area contributed by atoms with Crippen LogP contribution in [0.1, 0.15) is 36.4 Å². The first-order valence-corrected chi connectivity index (χ1v) is 10.4. The summed E-state index contributed by atoms with van der Waals surface area (Å²) in [6.45, 7) is 4.56. The number of carbonyl (C=O) groups excluding carboxylic acids is 2. The van der Waals surface area contributed by atoms with Gasteiger partial charge in [0, 0.05) is 11.3 Å². The summed E-state index contributed by atoms with van der Waals surface area (Å²) in [6, 6.07) is 10.1. The van der Waals surface area contributed by atoms with Gasteiger partial charge in [-0.1, -0.05) is 13.8 Å². The van der Waals surface area contributed by atoms with Crippen molar-refractivity contribution in [1.29, 1.82) is 0 Å². The van der Waals surface area contributed by atoms with Crippen LogP contribution in [0, 0.1) is 5.92 Å². The average molecular weight is 403 g/mol. The highest BCUT2D eigenvalue weighted by Gasteiger charge is 2.41. The number of furan rings is 1. The van der Waals surface area contributed by atoms with Gasteiger partial charge < -0.3 is 19.4 Å². The maximum Gasteiger partial charge on any atom is 0.255 e. The molecule has 1 aliphatic rings. The largest absolute Gasteiger partial charge is 0.497 e. The van der Waals surface area contributed by atoms with Gasteiger partial charge in [-0.05, 0) is 48.7 Å². The van der Waals surface area contributed by atoms with E-state index in [1.54, 1.807) is 60.4 Å². The Kier molecular flexibility index (Phi) is 6.67. The lowest BCUT2D eigenvalue weighted by atomic mass is 10.1. The second kappa shape index (κ2) is 9.19. The third-order valence-corrected chi connectivity index (χ3v) is 5.97. The van der Waals surface area contributed by atoms with E-state index in [0.29, 0.717) is 35.3 Å². The maximum absolute atomic E-state index is 13.3. The predicted octanol–water partition coefficient (Wildman–Crippen LogP) is 3.53. The highest BCUT2D eigenvalue weighted by molar-refractivity contribution is 8.00. The van der Waals surface area contributed by atoms with Crippen LogP contribution in [-0.4, -0.2) is 41.0 Å². The quantitative estimate of drug-likeness (QED) is 0.767. The fourth-order valence-corrected chi connectivity index (χ4v) is 4.85. The summed E-state index contributed by atoms with van der Waals surface area (Å²) >= 11 is 1.67. The topological polar surface area (TPSA) is 71.8 Å². The van der Waals surface area contributed by atoms with E-state index in [0.717, 1.165) is 6.42 Å². The Morgan fingerprint density at radius 2 is 2.04 bits per heavy atom. The Balaban J connectivity index is 1.77. The maximum atomic E-state index is 13.3. The molecule has 3 rings (SSSR count). The van der Waals surface area contributed by atoms with E-state index < -0.39 is 6.04 Å². The van der Waals surface area contributed by atoms with Crippen molar-refractivity contribution in [1.82, 2.24) is 10.2 Å². The molecule has 0 spiro atoms. The minimum atomic E-state index is -0.502. The van der Waals surface area contributed by atoms with E-state index in [4.69, 9.17) is 9.15 Å². The SMILES string of the molecule is COc1ccc(C(=O)N2C(CC(C)C)SCC2C(=O)NCc2ccco2)cc1. The summed E-state index contributed by atoms with van der Waals surface area (Å²) < 4.78 is 10.4. The lowest BCUT2D eigenvalue weighted by Crippen LogP contribution is -2.49. The fraction of sp³-hybridized carbons (Fsp3) is 0.429. The number of thioether (sulfide) groups is 1. The van der Waals surface area contributed by atoms with E-state index in [2.05, 4.69) is 19.2 Å². The van der Waals surface area contributed by atoms with Crippen molar-refractivity contribution in [2.24, 2.45) is 5.92 Å². The van der Waals surface area contributed by atoms with E-state index in [9.17, 15) is 9.59 Å². The van der Waals surface area contributed by atoms with Crippen molar-refractivity contribution in [3.8, 4) is 5.75 Å². The third kappa shape index (κ3) is 4.70. The lowest BCUT2D eigenvalue weighted by Gasteiger charge is -2.30. The number of amides is 2. The molecule has 28 heavy (non-hydrogen) atoms. The van der Waals surface area contributed by atoms with Gasteiger partial charge in [-0.15, -0.1) is 11.8 Å². The zero-order valence-electron chi connectivity index (χ0n) is 16.4. The molecule has 2 aromatic rings. The molecule has 0 bridgehead atoms. The first kappa shape index (κ1) is 20.3. The summed E-state index contributed by atoms with van der Waals surface area (Å²) in [4.78, 5) is 27.8. The molecule has 1 aromatic carbocycles. The molecule has 0 aliphatic carbocycles. The number of carbonyl (C=O) groups is 2. The summed E-state index contributed by atoms with van der Waals surface area (Å²) in [7, 11) is 1.59. The number of methoxy groups -OCH3 is 1. The molecule has 2 atom stereocenters. The standard InChI is InChI=1S/C21H26N2O4S/c1-14(2)11-19-23(21(25)15-6-8-16(26-3)9-7-15)18(13-28-19)20(24)22-12-17-5-4-10-27-17/h4-10,14,18-19H,11-13H2,1-3H3,(H,22,24). The van der Waals surface area contributed by atoms with E-state index >= 15 is 0 Å². The van der Waals surface area contributed by atoms with Crippen molar-refractivity contribution >= 4 is 23.6 Å². The molecule has 1 aliphatic heterocycles. The predicted molar refractivity (Wildman–Crippen MR) is 109 cm³/mol. The molecule has 0 radical (unpaired) electrons. The van der Waals surface area contributed by atoms with Gasteiger partial charge in [0.1, 0.15) is 17.6 Å². The molecule has 1 saturated heterocycles. The van der Waals surface area contributed by atoms with E-state index in [1.165, 1.54) is 0 Å². The minimum absolute atomic E-state index is 0.0195. The van der Waals surface area contributed by atoms with Gasteiger partial charge in [0.25, 0.3) is 5.91 Å². The normalized spacial score (nSPS) is 19.1. The molecular weight excluding hydrogens is 376 g/mol. The van der Waals surface area contributed by atoms with Crippen LogP contribution in [0.2, 0.25) is 0 Å². The van der Waals surface area contributed by atoms with Crippen LogP contribution in [0.3, 0.4) is 0 Å². The number of rotatable bonds is 7. The van der Waals surface area contributed by atoms with Gasteiger partial charge >= 0.3 is 0 Å². The first-order chi connectivity index (χ1) is 13.5. The highest BCUT2D eigenvalue weighted by atomic mass is 32.2. The zero-order chi connectivity index (χ0) is 20.1. The second-order valence-corrected chi connectivity index (χ2v) is 8.38. The summed E-state index contributed by atoms with van der Waals surface area (Å²) in [6.07, 6.45) is 2.42. The van der Waals surface area contributed by atoms with Gasteiger partial charge in [0.05, 0.1) is 25.3 Å². The molecule has 2 amide bonds. The number of nitrogens with zero attached hydrogens (tertiary/aromatic N) is 1. The fourth-order valence-electron chi connectivity index (χ4n) is 3.21. The molecule has 2 unspecified atom stereocenters. The Hall–Kier alpha value is -2.41. The smallest absolute Gasteiger partial charge is 0.255 e. The Bertz CT molecular complexity index is 789. The van der Waals surface area contributed by atoms with Crippen molar-refractivity contribution in [2.75, 3.05) is 12.9 Å². The van der Waals surface area contributed by atoms with Gasteiger partial charge in [0.2, 0.25) is 5.91 Å². The number of nitrogens with one attached hydrogen (secondary N) is 1. The van der Waals surface area contributed by atoms with Crippen LogP contribution in [-0.2, 0) is 11.3 Å². The van der Waals surface area contributed by atoms with Crippen LogP contribution in [0.5, 0.6) is 5.75 Å². The molecule has 150 valence electrons. The number of ether oxygens (including phenoxy) is 1. The van der Waals surface area contributed by atoms with Crippen LogP contribution in [0.15, 0.2) is 47.1 Å². The van der Waals surface area contributed by atoms with E-state index in [-0.39, 0.29) is 17.2 Å². The van der Waals surface area contributed by atoms with Gasteiger partial charge in [-0.3, -0.25) is 9.59 Å². The number of benzene rings is 1. The number of hydrogen-bond donors (Lipinski definition) is 1. The third-order valence-electron chi connectivity index (χ3n) is 4.66. The molecule has 1 fully saturated rings. The number of hydrogen-bond acceptors (Lipinski definition) is 5. The van der Waals surface area contributed by atoms with Gasteiger partial charge in [-0.2, -0.15) is 0 Å². The van der Waals surface area contributed by atoms with Crippen molar-refractivity contribution < 1.29 is 18.7 Å². The van der Waals surface area contributed by atoms with Crippen molar-refractivity contribution in [3.63, 3.8) is 0 Å². The van der Waals surface area contributed by atoms with Crippen LogP contribution in [0.4, 0.5) is 0 Å². The van der Waals surface area contributed by atoms with Crippen LogP contribution < -0.4 is 10.1 Å². The average Bonchev–Trinajstić information content (AvgIpc) is 3.35. The second-order valence-electron chi connectivity index (χ2n) is 7.17. The zero-order valence-corrected chi connectivity index (χ0v) is 17.2. The van der Waals surface area contributed by atoms with Crippen molar-refractivity contribution in [3.05, 3.63) is 54.0 Å². The van der Waals surface area contributed by atoms with Crippen LogP contribution >= 0.6 is 11.8 Å². The van der Waals surface area contributed by atoms with Crippen LogP contribution in [0.25, 0.3) is 0 Å². The summed E-state index contributed by atoms with van der Waals surface area (Å²) in [5, 5.41) is 2.88. The Morgan fingerprint density at radius 1 is 1.29 bits per heavy atom. The monoisotopic (exact) mass is 402 g/mol. The lowest BCUT2D eigenvalue weighted by molar-refractivity contribution is -0.125. The molecule has 1 N–H and O–H groups in total. The first-order valence-electron chi connectivity index (χ1n) is 9.38. The summed E-state index contributed by atoms with van der Waals surface area (Å²) in [5.74, 6) is 2.11. The highest BCUT2D eigenvalue weighted by Crippen LogP contribution is 2.35. The molecular formula is C21H26N2O4S. The molecule has 1 aromatic heterocycles. The van der Waals surface area contributed by atoms with Gasteiger partial charge in [-0.25, -0.2) is 0 Å².